The van der Waals surface area contributed by atoms with Crippen LogP contribution in [0.2, 0.25) is 0 Å². The van der Waals surface area contributed by atoms with Crippen molar-refractivity contribution in [1.29, 1.82) is 0 Å². The van der Waals surface area contributed by atoms with E-state index in [1.165, 1.54) is 12.1 Å². The van der Waals surface area contributed by atoms with Gasteiger partial charge in [-0.25, -0.2) is 18.7 Å². The lowest BCUT2D eigenvalue weighted by Crippen LogP contribution is -2.24. The van der Waals surface area contributed by atoms with E-state index in [-0.39, 0.29) is 17.9 Å². The number of rotatable bonds is 2. The van der Waals surface area contributed by atoms with Crippen LogP contribution in [0.15, 0.2) is 23.1 Å². The highest BCUT2D eigenvalue weighted by Gasteiger charge is 2.37. The van der Waals surface area contributed by atoms with Crippen LogP contribution >= 0.6 is 0 Å². The Labute approximate surface area is 86.7 Å². The highest BCUT2D eigenvalue weighted by atomic mass is 32.2. The lowest BCUT2D eigenvalue weighted by atomic mass is 10.1. The number of fused-ring (bicyclic) bond motifs is 1. The third-order valence-corrected chi connectivity index (χ3v) is 4.69. The van der Waals surface area contributed by atoms with Gasteiger partial charge in [0.15, 0.2) is 9.84 Å². The molecule has 0 radical (unpaired) electrons. The van der Waals surface area contributed by atoms with Crippen molar-refractivity contribution < 1.29 is 17.6 Å². The first-order valence-corrected chi connectivity index (χ1v) is 5.94. The molecule has 1 unspecified atom stereocenters. The molecular weight excluding hydrogens is 221 g/mol. The fourth-order valence-corrected chi connectivity index (χ4v) is 3.56. The van der Waals surface area contributed by atoms with E-state index in [0.717, 1.165) is 6.07 Å². The smallest absolute Gasteiger partial charge is 0.184 e. The van der Waals surface area contributed by atoms with Crippen LogP contribution in [0.5, 0.6) is 0 Å². The largest absolute Gasteiger partial charge is 0.303 e. The molecule has 0 aliphatic carbocycles. The van der Waals surface area contributed by atoms with E-state index in [9.17, 15) is 12.8 Å². The van der Waals surface area contributed by atoms with Gasteiger partial charge in [-0.2, -0.15) is 0 Å². The molecule has 0 aromatic heterocycles. The van der Waals surface area contributed by atoms with Crippen molar-refractivity contribution in [1.82, 2.24) is 0 Å². The van der Waals surface area contributed by atoms with Crippen LogP contribution in [0.3, 0.4) is 0 Å². The topological polar surface area (TPSA) is 69.4 Å². The van der Waals surface area contributed by atoms with E-state index in [0.29, 0.717) is 5.56 Å². The van der Waals surface area contributed by atoms with Crippen LogP contribution < -0.4 is 5.90 Å². The number of halogens is 1. The Hall–Kier alpha value is -0.980. The summed E-state index contributed by atoms with van der Waals surface area (Å²) in [7, 11) is -3.40. The highest BCUT2D eigenvalue weighted by molar-refractivity contribution is 7.92. The summed E-state index contributed by atoms with van der Waals surface area (Å²) in [4.78, 5) is 4.54. The summed E-state index contributed by atoms with van der Waals surface area (Å²) in [6.45, 7) is -0.0708. The fourth-order valence-electron chi connectivity index (χ4n) is 1.78. The molecule has 1 aliphatic rings. The minimum Gasteiger partial charge on any atom is -0.303 e. The molecule has 1 atom stereocenters. The van der Waals surface area contributed by atoms with E-state index >= 15 is 0 Å². The maximum atomic E-state index is 12.9. The van der Waals surface area contributed by atoms with Crippen molar-refractivity contribution in [2.45, 2.75) is 16.6 Å². The molecule has 6 heteroatoms. The zero-order valence-electron chi connectivity index (χ0n) is 7.81. The van der Waals surface area contributed by atoms with Crippen molar-refractivity contribution in [3.63, 3.8) is 0 Å². The molecular formula is C9H10FNO3S. The summed E-state index contributed by atoms with van der Waals surface area (Å²) in [6, 6.07) is 3.67. The van der Waals surface area contributed by atoms with Gasteiger partial charge < -0.3 is 4.84 Å². The van der Waals surface area contributed by atoms with E-state index in [4.69, 9.17) is 5.90 Å². The molecule has 0 fully saturated rings. The molecule has 0 bridgehead atoms. The molecule has 2 N–H and O–H groups in total. The zero-order chi connectivity index (χ0) is 11.1. The third-order valence-electron chi connectivity index (χ3n) is 2.50. The molecule has 0 saturated carbocycles. The molecule has 1 aromatic rings. The van der Waals surface area contributed by atoms with Crippen molar-refractivity contribution in [2.24, 2.45) is 5.90 Å². The first-order chi connectivity index (χ1) is 7.05. The van der Waals surface area contributed by atoms with Gasteiger partial charge in [0.25, 0.3) is 0 Å². The highest BCUT2D eigenvalue weighted by Crippen LogP contribution is 2.31. The summed E-state index contributed by atoms with van der Waals surface area (Å²) in [5.41, 5.74) is 0.497. The van der Waals surface area contributed by atoms with Gasteiger partial charge in [-0.05, 0) is 30.2 Å². The molecule has 1 heterocycles. The number of hydrogen-bond acceptors (Lipinski definition) is 4. The molecule has 0 saturated heterocycles. The minimum absolute atomic E-state index is 0.0708. The van der Waals surface area contributed by atoms with Gasteiger partial charge >= 0.3 is 0 Å². The fraction of sp³-hybridized carbons (Fsp3) is 0.333. The third kappa shape index (κ3) is 1.64. The lowest BCUT2D eigenvalue weighted by molar-refractivity contribution is 0.138. The van der Waals surface area contributed by atoms with Crippen LogP contribution in [0.25, 0.3) is 0 Å². The summed E-state index contributed by atoms with van der Waals surface area (Å²) in [6.07, 6.45) is 0.257. The van der Waals surface area contributed by atoms with Crippen LogP contribution in [-0.4, -0.2) is 20.3 Å². The lowest BCUT2D eigenvalue weighted by Gasteiger charge is -2.06. The van der Waals surface area contributed by atoms with Crippen molar-refractivity contribution in [2.75, 3.05) is 6.61 Å². The number of hydrogen-bond donors (Lipinski definition) is 1. The van der Waals surface area contributed by atoms with Crippen molar-refractivity contribution in [3.8, 4) is 0 Å². The summed E-state index contributed by atoms with van der Waals surface area (Å²) < 4.78 is 36.5. The van der Waals surface area contributed by atoms with Crippen LogP contribution in [0.1, 0.15) is 5.56 Å². The van der Waals surface area contributed by atoms with Gasteiger partial charge in [-0.3, -0.25) is 0 Å². The molecule has 0 amide bonds. The summed E-state index contributed by atoms with van der Waals surface area (Å²) >= 11 is 0. The van der Waals surface area contributed by atoms with Gasteiger partial charge in [0.1, 0.15) is 5.82 Å². The second kappa shape index (κ2) is 3.55. The Bertz CT molecular complexity index is 486. The molecule has 2 rings (SSSR count). The second-order valence-corrected chi connectivity index (χ2v) is 5.65. The van der Waals surface area contributed by atoms with Gasteiger partial charge in [0.2, 0.25) is 0 Å². The Morgan fingerprint density at radius 3 is 2.93 bits per heavy atom. The molecule has 82 valence electrons. The Kier molecular flexibility index (Phi) is 2.49. The maximum Gasteiger partial charge on any atom is 0.184 e. The molecule has 1 aliphatic heterocycles. The summed E-state index contributed by atoms with van der Waals surface area (Å²) in [5, 5.41) is -0.695. The van der Waals surface area contributed by atoms with Gasteiger partial charge in [-0.15, -0.1) is 0 Å². The second-order valence-electron chi connectivity index (χ2n) is 3.46. The van der Waals surface area contributed by atoms with Crippen LogP contribution in [0, 0.1) is 5.82 Å². The van der Waals surface area contributed by atoms with Crippen molar-refractivity contribution >= 4 is 9.84 Å². The normalized spacial score (nSPS) is 22.7. The molecule has 4 nitrogen and oxygen atoms in total. The summed E-state index contributed by atoms with van der Waals surface area (Å²) in [5.74, 6) is 4.42. The number of benzene rings is 1. The minimum atomic E-state index is -3.40. The Morgan fingerprint density at radius 1 is 1.53 bits per heavy atom. The van der Waals surface area contributed by atoms with Gasteiger partial charge in [-0.1, -0.05) is 0 Å². The SMILES string of the molecule is NOCC1Cc2cc(F)ccc2S1(=O)=O. The predicted octanol–water partition coefficient (Wildman–Crippen LogP) is 0.414. The van der Waals surface area contributed by atoms with E-state index in [1.807, 2.05) is 0 Å². The van der Waals surface area contributed by atoms with Crippen LogP contribution in [0.4, 0.5) is 4.39 Å². The molecule has 1 aromatic carbocycles. The van der Waals surface area contributed by atoms with E-state index in [2.05, 4.69) is 4.84 Å². The van der Waals surface area contributed by atoms with Gasteiger partial charge in [0, 0.05) is 0 Å². The quantitative estimate of drug-likeness (QED) is 0.591. The molecule has 0 spiro atoms. The van der Waals surface area contributed by atoms with E-state index < -0.39 is 20.9 Å². The predicted molar refractivity (Wildman–Crippen MR) is 51.2 cm³/mol. The Balaban J connectivity index is 2.48. The average Bonchev–Trinajstić information content (AvgIpc) is 2.39. The average molecular weight is 231 g/mol. The van der Waals surface area contributed by atoms with Crippen LogP contribution in [-0.2, 0) is 21.1 Å². The monoisotopic (exact) mass is 231 g/mol. The Morgan fingerprint density at radius 2 is 2.27 bits per heavy atom. The number of sulfone groups is 1. The van der Waals surface area contributed by atoms with Crippen molar-refractivity contribution in [3.05, 3.63) is 29.6 Å². The number of nitrogens with two attached hydrogens (primary N) is 1. The van der Waals surface area contributed by atoms with Gasteiger partial charge in [0.05, 0.1) is 16.8 Å². The maximum absolute atomic E-state index is 12.9. The molecule has 15 heavy (non-hydrogen) atoms. The van der Waals surface area contributed by atoms with E-state index in [1.54, 1.807) is 0 Å². The standard InChI is InChI=1S/C9H10FNO3S/c10-7-1-2-9-6(3-7)4-8(5-14-11)15(9,12)13/h1-3,8H,4-5,11H2. The first-order valence-electron chi connectivity index (χ1n) is 4.39. The first kappa shape index (κ1) is 10.5. The zero-order valence-corrected chi connectivity index (χ0v) is 8.63.